The van der Waals surface area contributed by atoms with Gasteiger partial charge in [-0.2, -0.15) is 4.98 Å². The fraction of sp³-hybridized carbons (Fsp3) is 0.385. The van der Waals surface area contributed by atoms with Crippen LogP contribution in [0.1, 0.15) is 25.2 Å². The van der Waals surface area contributed by atoms with Gasteiger partial charge in [-0.1, -0.05) is 27.5 Å². The van der Waals surface area contributed by atoms with Crippen LogP contribution in [0.15, 0.2) is 27.2 Å². The summed E-state index contributed by atoms with van der Waals surface area (Å²) in [5, 5.41) is 3.95. The van der Waals surface area contributed by atoms with Gasteiger partial charge in [-0.25, -0.2) is 4.39 Å². The highest BCUT2D eigenvalue weighted by Gasteiger charge is 2.42. The van der Waals surface area contributed by atoms with Gasteiger partial charge in [-0.3, -0.25) is 0 Å². The lowest BCUT2D eigenvalue weighted by Crippen LogP contribution is -2.41. The van der Waals surface area contributed by atoms with Gasteiger partial charge in [0.2, 0.25) is 11.7 Å². The zero-order chi connectivity index (χ0) is 13.5. The van der Waals surface area contributed by atoms with E-state index >= 15 is 0 Å². The van der Waals surface area contributed by atoms with Crippen molar-refractivity contribution < 1.29 is 8.91 Å². The highest BCUT2D eigenvalue weighted by Crippen LogP contribution is 2.42. The second-order valence-corrected chi connectivity index (χ2v) is 5.74. The van der Waals surface area contributed by atoms with Crippen molar-refractivity contribution in [1.82, 2.24) is 10.1 Å². The van der Waals surface area contributed by atoms with Crippen LogP contribution < -0.4 is 5.73 Å². The lowest BCUT2D eigenvalue weighted by molar-refractivity contribution is 0.182. The smallest absolute Gasteiger partial charge is 0.234 e. The molecule has 6 heteroatoms. The predicted octanol–water partition coefficient (Wildman–Crippen LogP) is 3.02. The molecule has 0 saturated heterocycles. The fourth-order valence-corrected chi connectivity index (χ4v) is 2.75. The third-order valence-corrected chi connectivity index (χ3v) is 4.44. The molecular formula is C13H13BrFN3O. The molecule has 1 fully saturated rings. The first-order valence-electron chi connectivity index (χ1n) is 6.14. The largest absolute Gasteiger partial charge is 0.338 e. The van der Waals surface area contributed by atoms with Gasteiger partial charge >= 0.3 is 0 Å². The van der Waals surface area contributed by atoms with Crippen molar-refractivity contribution >= 4 is 15.9 Å². The van der Waals surface area contributed by atoms with Crippen LogP contribution in [0, 0.1) is 5.82 Å². The van der Waals surface area contributed by atoms with Gasteiger partial charge in [-0.05, 0) is 31.0 Å². The molecule has 2 aromatic rings. The molecular weight excluding hydrogens is 313 g/mol. The van der Waals surface area contributed by atoms with Crippen molar-refractivity contribution in [3.63, 3.8) is 0 Å². The zero-order valence-corrected chi connectivity index (χ0v) is 11.8. The maximum absolute atomic E-state index is 13.3. The summed E-state index contributed by atoms with van der Waals surface area (Å²) in [5.74, 6) is 0.621. The van der Waals surface area contributed by atoms with Crippen molar-refractivity contribution in [1.29, 1.82) is 0 Å². The molecule has 1 heterocycles. The Labute approximate surface area is 118 Å². The molecule has 0 radical (unpaired) electrons. The van der Waals surface area contributed by atoms with Crippen LogP contribution in [0.4, 0.5) is 4.39 Å². The molecule has 0 bridgehead atoms. The Hall–Kier alpha value is -1.27. The average Bonchev–Trinajstić information content (AvgIpc) is 2.81. The molecule has 1 saturated carbocycles. The Morgan fingerprint density at radius 1 is 1.42 bits per heavy atom. The molecule has 0 atom stereocenters. The molecule has 0 aliphatic heterocycles. The van der Waals surface area contributed by atoms with E-state index in [9.17, 15) is 4.39 Å². The Morgan fingerprint density at radius 2 is 2.21 bits per heavy atom. The number of hydrogen-bond acceptors (Lipinski definition) is 4. The Morgan fingerprint density at radius 3 is 2.84 bits per heavy atom. The van der Waals surface area contributed by atoms with Gasteiger partial charge in [0.25, 0.3) is 0 Å². The highest BCUT2D eigenvalue weighted by molar-refractivity contribution is 9.10. The van der Waals surface area contributed by atoms with E-state index in [1.54, 1.807) is 6.07 Å². The van der Waals surface area contributed by atoms with Crippen LogP contribution in [-0.4, -0.2) is 16.7 Å². The summed E-state index contributed by atoms with van der Waals surface area (Å²) in [5.41, 5.74) is 6.21. The summed E-state index contributed by atoms with van der Waals surface area (Å²) < 4.78 is 19.4. The Balaban J connectivity index is 1.99. The van der Waals surface area contributed by atoms with Crippen LogP contribution in [0.25, 0.3) is 11.4 Å². The molecule has 0 spiro atoms. The van der Waals surface area contributed by atoms with E-state index in [-0.39, 0.29) is 11.2 Å². The van der Waals surface area contributed by atoms with Crippen LogP contribution in [0.2, 0.25) is 0 Å². The Bertz CT molecular complexity index is 604. The molecule has 2 N–H and O–H groups in total. The molecule has 3 rings (SSSR count). The van der Waals surface area contributed by atoms with Crippen LogP contribution >= 0.6 is 15.9 Å². The standard InChI is InChI=1S/C13H13BrFN3O/c14-10-3-2-8(15)6-9(10)11-17-12(19-18-11)13(7-16)4-1-5-13/h2-3,6H,1,4-5,7,16H2. The normalized spacial score (nSPS) is 17.2. The SMILES string of the molecule is NCC1(c2nc(-c3cc(F)ccc3Br)no2)CCC1. The minimum atomic E-state index is -0.332. The van der Waals surface area contributed by atoms with Gasteiger partial charge in [0.05, 0.1) is 5.41 Å². The number of rotatable bonds is 3. The summed E-state index contributed by atoms with van der Waals surface area (Å²) in [6.07, 6.45) is 3.06. The van der Waals surface area contributed by atoms with Gasteiger partial charge < -0.3 is 10.3 Å². The highest BCUT2D eigenvalue weighted by atomic mass is 79.9. The van der Waals surface area contributed by atoms with E-state index < -0.39 is 0 Å². The van der Waals surface area contributed by atoms with Gasteiger partial charge in [0.1, 0.15) is 5.82 Å². The number of hydrogen-bond donors (Lipinski definition) is 1. The van der Waals surface area contributed by atoms with Gasteiger partial charge in [0.15, 0.2) is 0 Å². The van der Waals surface area contributed by atoms with E-state index in [2.05, 4.69) is 26.1 Å². The molecule has 0 unspecified atom stereocenters. The number of aromatic nitrogens is 2. The number of halogens is 2. The molecule has 100 valence electrons. The molecule has 1 aromatic heterocycles. The predicted molar refractivity (Wildman–Crippen MR) is 72.0 cm³/mol. The first-order valence-corrected chi connectivity index (χ1v) is 6.94. The van der Waals surface area contributed by atoms with Crippen LogP contribution in [-0.2, 0) is 5.41 Å². The maximum atomic E-state index is 13.3. The van der Waals surface area contributed by atoms with Crippen molar-refractivity contribution in [3.05, 3.63) is 34.4 Å². The average molecular weight is 326 g/mol. The van der Waals surface area contributed by atoms with E-state index in [0.717, 1.165) is 23.7 Å². The molecule has 0 amide bonds. The second kappa shape index (κ2) is 4.68. The maximum Gasteiger partial charge on any atom is 0.234 e. The lowest BCUT2D eigenvalue weighted by atomic mass is 9.69. The minimum absolute atomic E-state index is 0.176. The van der Waals surface area contributed by atoms with E-state index in [1.807, 2.05) is 0 Å². The van der Waals surface area contributed by atoms with Crippen molar-refractivity contribution in [3.8, 4) is 11.4 Å². The fourth-order valence-electron chi connectivity index (χ4n) is 2.33. The molecule has 1 aromatic carbocycles. The summed E-state index contributed by atoms with van der Waals surface area (Å²) >= 11 is 3.36. The molecule has 19 heavy (non-hydrogen) atoms. The van der Waals surface area contributed by atoms with Crippen molar-refractivity contribution in [2.75, 3.05) is 6.54 Å². The summed E-state index contributed by atoms with van der Waals surface area (Å²) in [6.45, 7) is 0.499. The summed E-state index contributed by atoms with van der Waals surface area (Å²) in [4.78, 5) is 4.39. The van der Waals surface area contributed by atoms with Gasteiger partial charge in [0, 0.05) is 16.6 Å². The van der Waals surface area contributed by atoms with E-state index in [4.69, 9.17) is 10.3 Å². The third kappa shape index (κ3) is 2.08. The lowest BCUT2D eigenvalue weighted by Gasteiger charge is -2.36. The Kier molecular flexibility index (Phi) is 3.14. The number of benzene rings is 1. The molecule has 4 nitrogen and oxygen atoms in total. The monoisotopic (exact) mass is 325 g/mol. The number of nitrogens with zero attached hydrogens (tertiary/aromatic N) is 2. The quantitative estimate of drug-likeness (QED) is 0.942. The summed E-state index contributed by atoms with van der Waals surface area (Å²) in [6, 6.07) is 4.39. The zero-order valence-electron chi connectivity index (χ0n) is 10.2. The van der Waals surface area contributed by atoms with E-state index in [0.29, 0.717) is 23.8 Å². The summed E-state index contributed by atoms with van der Waals surface area (Å²) in [7, 11) is 0. The topological polar surface area (TPSA) is 64.9 Å². The van der Waals surface area contributed by atoms with Crippen LogP contribution in [0.3, 0.4) is 0 Å². The van der Waals surface area contributed by atoms with Crippen LogP contribution in [0.5, 0.6) is 0 Å². The third-order valence-electron chi connectivity index (χ3n) is 3.75. The van der Waals surface area contributed by atoms with E-state index in [1.165, 1.54) is 12.1 Å². The first kappa shape index (κ1) is 12.7. The van der Waals surface area contributed by atoms with Crippen molar-refractivity contribution in [2.24, 2.45) is 5.73 Å². The van der Waals surface area contributed by atoms with Gasteiger partial charge in [-0.15, -0.1) is 0 Å². The second-order valence-electron chi connectivity index (χ2n) is 4.89. The molecule has 1 aliphatic rings. The minimum Gasteiger partial charge on any atom is -0.338 e. The first-order chi connectivity index (χ1) is 9.14. The molecule has 1 aliphatic carbocycles. The van der Waals surface area contributed by atoms with Crippen molar-refractivity contribution in [2.45, 2.75) is 24.7 Å². The number of nitrogens with two attached hydrogens (primary N) is 1.